The minimum absolute atomic E-state index is 0.0590. The number of aliphatic carboxylic acids is 1. The fourth-order valence-corrected chi connectivity index (χ4v) is 2.27. The van der Waals surface area contributed by atoms with Crippen molar-refractivity contribution in [1.29, 1.82) is 0 Å². The second-order valence-electron chi connectivity index (χ2n) is 3.58. The van der Waals surface area contributed by atoms with Crippen LogP contribution in [0.3, 0.4) is 0 Å². The molecule has 0 spiro atoms. The molecular weight excluding hydrogens is 188 g/mol. The first-order chi connectivity index (χ1) is 6.00. The molecule has 0 aromatic heterocycles. The third kappa shape index (κ3) is 2.66. The van der Waals surface area contributed by atoms with E-state index in [9.17, 15) is 9.90 Å². The Hall–Kier alpha value is -0.640. The number of hydrogen-bond donors (Lipinski definition) is 3. The van der Waals surface area contributed by atoms with Gasteiger partial charge in [0, 0.05) is 11.2 Å². The molecule has 3 unspecified atom stereocenters. The Morgan fingerprint density at radius 2 is 1.77 bits per heavy atom. The van der Waals surface area contributed by atoms with Crippen LogP contribution in [-0.2, 0) is 4.79 Å². The summed E-state index contributed by atoms with van der Waals surface area (Å²) in [4.78, 5) is 10.7. The van der Waals surface area contributed by atoms with Gasteiger partial charge in [-0.1, -0.05) is 6.58 Å². The van der Waals surface area contributed by atoms with E-state index in [2.05, 4.69) is 19.2 Å². The van der Waals surface area contributed by atoms with Crippen LogP contribution in [0, 0.1) is 11.8 Å². The molecule has 1 rings (SSSR count). The monoisotopic (exact) mass is 202 g/mol. The van der Waals surface area contributed by atoms with Crippen LogP contribution < -0.4 is 0 Å². The number of aliphatic hydroxyl groups is 1. The zero-order chi connectivity index (χ0) is 10.0. The van der Waals surface area contributed by atoms with Crippen molar-refractivity contribution in [1.82, 2.24) is 0 Å². The van der Waals surface area contributed by atoms with Crippen molar-refractivity contribution in [2.24, 2.45) is 11.8 Å². The summed E-state index contributed by atoms with van der Waals surface area (Å²) in [6.45, 7) is 3.44. The second kappa shape index (κ2) is 4.05. The molecule has 1 aliphatic rings. The molecule has 74 valence electrons. The van der Waals surface area contributed by atoms with Gasteiger partial charge >= 0.3 is 5.97 Å². The van der Waals surface area contributed by atoms with Crippen LogP contribution in [0.25, 0.3) is 0 Å². The molecule has 0 aliphatic heterocycles. The first-order valence-electron chi connectivity index (χ1n) is 4.29. The number of hydrogen-bond acceptors (Lipinski definition) is 3. The summed E-state index contributed by atoms with van der Waals surface area (Å²) in [7, 11) is 0. The average Bonchev–Trinajstić information content (AvgIpc) is 2.03. The highest BCUT2D eigenvalue weighted by atomic mass is 32.1. The van der Waals surface area contributed by atoms with E-state index < -0.39 is 5.97 Å². The summed E-state index contributed by atoms with van der Waals surface area (Å²) < 4.78 is 0. The van der Waals surface area contributed by atoms with Gasteiger partial charge in [-0.2, -0.15) is 12.6 Å². The lowest BCUT2D eigenvalue weighted by Gasteiger charge is -2.29. The summed E-state index contributed by atoms with van der Waals surface area (Å²) in [6.07, 6.45) is 1.80. The van der Waals surface area contributed by atoms with Gasteiger partial charge in [-0.05, 0) is 19.3 Å². The van der Waals surface area contributed by atoms with Crippen LogP contribution in [0.1, 0.15) is 19.3 Å². The molecule has 0 heterocycles. The van der Waals surface area contributed by atoms with E-state index in [0.29, 0.717) is 12.8 Å². The molecule has 0 radical (unpaired) electrons. The molecule has 1 fully saturated rings. The third-order valence-corrected chi connectivity index (χ3v) is 2.92. The lowest BCUT2D eigenvalue weighted by molar-refractivity contribution is -0.143. The highest BCUT2D eigenvalue weighted by molar-refractivity contribution is 7.80. The maximum Gasteiger partial charge on any atom is 0.306 e. The smallest absolute Gasteiger partial charge is 0.306 e. The van der Waals surface area contributed by atoms with Crippen LogP contribution in [0.15, 0.2) is 12.3 Å². The molecule has 0 saturated heterocycles. The van der Waals surface area contributed by atoms with Gasteiger partial charge in [0.2, 0.25) is 0 Å². The molecule has 13 heavy (non-hydrogen) atoms. The van der Waals surface area contributed by atoms with Crippen LogP contribution in [-0.4, -0.2) is 21.4 Å². The maximum atomic E-state index is 10.7. The van der Waals surface area contributed by atoms with Crippen LogP contribution in [0.4, 0.5) is 0 Å². The summed E-state index contributed by atoms with van der Waals surface area (Å²) in [5, 5.41) is 18.0. The predicted octanol–water partition coefficient (Wildman–Crippen LogP) is 1.86. The van der Waals surface area contributed by atoms with Crippen molar-refractivity contribution in [3.8, 4) is 0 Å². The number of thiol groups is 1. The van der Waals surface area contributed by atoms with Gasteiger partial charge in [0.25, 0.3) is 0 Å². The van der Waals surface area contributed by atoms with E-state index in [4.69, 9.17) is 5.11 Å². The van der Waals surface area contributed by atoms with Crippen molar-refractivity contribution in [3.63, 3.8) is 0 Å². The average molecular weight is 202 g/mol. The van der Waals surface area contributed by atoms with Crippen LogP contribution in [0.2, 0.25) is 0 Å². The van der Waals surface area contributed by atoms with Crippen molar-refractivity contribution in [3.05, 3.63) is 12.3 Å². The number of carbonyl (C=O) groups is 1. The molecule has 3 atom stereocenters. The lowest BCUT2D eigenvalue weighted by atomic mass is 9.80. The largest absolute Gasteiger partial charge is 0.513 e. The number of allylic oxidation sites excluding steroid dienone is 1. The predicted molar refractivity (Wildman–Crippen MR) is 53.0 cm³/mol. The number of carboxylic acid groups (broad SMARTS) is 1. The fraction of sp³-hybridized carbons (Fsp3) is 0.667. The number of rotatable bonds is 2. The summed E-state index contributed by atoms with van der Waals surface area (Å²) in [5.41, 5.74) is 0. The minimum atomic E-state index is -0.801. The van der Waals surface area contributed by atoms with E-state index in [1.54, 1.807) is 0 Å². The molecule has 0 aromatic carbocycles. The Labute approximate surface area is 82.9 Å². The molecule has 2 N–H and O–H groups in total. The van der Waals surface area contributed by atoms with Crippen molar-refractivity contribution < 1.29 is 15.0 Å². The van der Waals surface area contributed by atoms with E-state index in [1.165, 1.54) is 0 Å². The van der Waals surface area contributed by atoms with E-state index in [-0.39, 0.29) is 22.8 Å². The van der Waals surface area contributed by atoms with Gasteiger partial charge < -0.3 is 10.2 Å². The van der Waals surface area contributed by atoms with Crippen molar-refractivity contribution in [2.75, 3.05) is 0 Å². The third-order valence-electron chi connectivity index (χ3n) is 2.50. The quantitative estimate of drug-likeness (QED) is 0.473. The van der Waals surface area contributed by atoms with E-state index >= 15 is 0 Å². The molecule has 4 heteroatoms. The summed E-state index contributed by atoms with van der Waals surface area (Å²) in [6, 6.07) is 0. The standard InChI is InChI=1S/C9H14O3S/c1-5(10)6-2-7(9(11)12)4-8(13)3-6/h6-8,10,13H,1-4H2,(H,11,12). The maximum absolute atomic E-state index is 10.7. The number of carboxylic acids is 1. The zero-order valence-corrected chi connectivity index (χ0v) is 8.20. The first kappa shape index (κ1) is 10.4. The van der Waals surface area contributed by atoms with E-state index in [1.807, 2.05) is 0 Å². The Bertz CT molecular complexity index is 205. The van der Waals surface area contributed by atoms with Gasteiger partial charge in [0.05, 0.1) is 11.7 Å². The first-order valence-corrected chi connectivity index (χ1v) is 4.81. The second-order valence-corrected chi connectivity index (χ2v) is 4.31. The Morgan fingerprint density at radius 3 is 2.23 bits per heavy atom. The number of aliphatic hydroxyl groups excluding tert-OH is 1. The van der Waals surface area contributed by atoms with Gasteiger partial charge in [-0.3, -0.25) is 4.79 Å². The van der Waals surface area contributed by atoms with Gasteiger partial charge in [-0.25, -0.2) is 0 Å². The molecule has 3 nitrogen and oxygen atoms in total. The highest BCUT2D eigenvalue weighted by Crippen LogP contribution is 2.34. The SMILES string of the molecule is C=C(O)C1CC(S)CC(C(=O)O)C1. The van der Waals surface area contributed by atoms with Gasteiger partial charge in [0.1, 0.15) is 0 Å². The van der Waals surface area contributed by atoms with Crippen LogP contribution >= 0.6 is 12.6 Å². The Balaban J connectivity index is 2.62. The van der Waals surface area contributed by atoms with E-state index in [0.717, 1.165) is 6.42 Å². The van der Waals surface area contributed by atoms with Crippen molar-refractivity contribution >= 4 is 18.6 Å². The fourth-order valence-electron chi connectivity index (χ4n) is 1.76. The Morgan fingerprint density at radius 1 is 1.23 bits per heavy atom. The van der Waals surface area contributed by atoms with Gasteiger partial charge in [0.15, 0.2) is 0 Å². The molecule has 0 bridgehead atoms. The summed E-state index contributed by atoms with van der Waals surface area (Å²) >= 11 is 4.25. The molecule has 0 amide bonds. The molecule has 0 aromatic rings. The Kier molecular flexibility index (Phi) is 3.25. The topological polar surface area (TPSA) is 57.5 Å². The highest BCUT2D eigenvalue weighted by Gasteiger charge is 2.32. The molecule has 1 aliphatic carbocycles. The summed E-state index contributed by atoms with van der Waals surface area (Å²) in [5.74, 6) is -1.20. The van der Waals surface area contributed by atoms with Crippen LogP contribution in [0.5, 0.6) is 0 Å². The van der Waals surface area contributed by atoms with Gasteiger partial charge in [-0.15, -0.1) is 0 Å². The lowest BCUT2D eigenvalue weighted by Crippen LogP contribution is -2.29. The molecular formula is C9H14O3S. The van der Waals surface area contributed by atoms with Crippen molar-refractivity contribution in [2.45, 2.75) is 24.5 Å². The minimum Gasteiger partial charge on any atom is -0.513 e. The zero-order valence-electron chi connectivity index (χ0n) is 7.31. The molecule has 1 saturated carbocycles. The normalized spacial score (nSPS) is 34.1.